The largest absolute Gasteiger partial charge is 0.345 e. The number of hydrogen-bond acceptors (Lipinski definition) is 3. The Kier molecular flexibility index (Phi) is 5.10. The molecular weight excluding hydrogens is 330 g/mol. The third kappa shape index (κ3) is 4.03. The molecule has 0 aliphatic rings. The Morgan fingerprint density at radius 1 is 0.840 bits per heavy atom. The zero-order valence-electron chi connectivity index (χ0n) is 14.2. The second-order valence-electron chi connectivity index (χ2n) is 5.90. The van der Waals surface area contributed by atoms with Crippen LogP contribution in [0.25, 0.3) is 11.1 Å². The summed E-state index contributed by atoms with van der Waals surface area (Å²) in [7, 11) is 0. The minimum Gasteiger partial charge on any atom is -0.345 e. The van der Waals surface area contributed by atoms with Gasteiger partial charge in [-0.3, -0.25) is 9.59 Å². The van der Waals surface area contributed by atoms with Crippen molar-refractivity contribution < 1.29 is 9.59 Å². The van der Waals surface area contributed by atoms with Gasteiger partial charge in [-0.05, 0) is 42.7 Å². The average molecular weight is 349 g/mol. The van der Waals surface area contributed by atoms with E-state index in [2.05, 4.69) is 29.6 Å². The third-order valence-electron chi connectivity index (χ3n) is 4.04. The molecule has 0 fully saturated rings. The van der Waals surface area contributed by atoms with Crippen LogP contribution in [0.15, 0.2) is 66.7 Å². The molecule has 2 aromatic carbocycles. The molecule has 0 spiro atoms. The van der Waals surface area contributed by atoms with Gasteiger partial charge in [-0.1, -0.05) is 54.6 Å². The molecule has 1 aromatic heterocycles. The van der Waals surface area contributed by atoms with Gasteiger partial charge in [0.25, 0.3) is 5.91 Å². The normalized spacial score (nSPS) is 11.8. The molecular formula is C21H19NO2S. The summed E-state index contributed by atoms with van der Waals surface area (Å²) < 4.78 is 0. The van der Waals surface area contributed by atoms with Crippen molar-refractivity contribution in [1.29, 1.82) is 0 Å². The van der Waals surface area contributed by atoms with Crippen molar-refractivity contribution >= 4 is 23.0 Å². The summed E-state index contributed by atoms with van der Waals surface area (Å²) in [6, 6.07) is 21.6. The number of rotatable bonds is 5. The van der Waals surface area contributed by atoms with Crippen LogP contribution in [-0.2, 0) is 0 Å². The molecule has 0 unspecified atom stereocenters. The minimum absolute atomic E-state index is 0.0198. The van der Waals surface area contributed by atoms with E-state index in [4.69, 9.17) is 0 Å². The molecule has 0 aliphatic carbocycles. The molecule has 0 bridgehead atoms. The van der Waals surface area contributed by atoms with Gasteiger partial charge in [-0.25, -0.2) is 0 Å². The average Bonchev–Trinajstić information content (AvgIpc) is 3.13. The molecule has 4 heteroatoms. The lowest BCUT2D eigenvalue weighted by Crippen LogP contribution is -2.25. The number of ketones is 1. The van der Waals surface area contributed by atoms with Crippen LogP contribution in [0, 0.1) is 0 Å². The predicted molar refractivity (Wildman–Crippen MR) is 102 cm³/mol. The Labute approximate surface area is 151 Å². The molecule has 0 saturated heterocycles. The smallest absolute Gasteiger partial charge is 0.261 e. The number of carbonyl (C=O) groups is 2. The van der Waals surface area contributed by atoms with Crippen LogP contribution in [0.2, 0.25) is 0 Å². The van der Waals surface area contributed by atoms with Gasteiger partial charge in [0.1, 0.15) is 0 Å². The fourth-order valence-electron chi connectivity index (χ4n) is 2.60. The molecule has 1 heterocycles. The van der Waals surface area contributed by atoms with Gasteiger partial charge in [0.2, 0.25) is 0 Å². The summed E-state index contributed by atoms with van der Waals surface area (Å²) in [6.07, 6.45) is 0. The summed E-state index contributed by atoms with van der Waals surface area (Å²) in [5.74, 6) is -0.175. The zero-order chi connectivity index (χ0) is 17.8. The molecule has 0 aliphatic heterocycles. The van der Waals surface area contributed by atoms with Gasteiger partial charge in [-0.2, -0.15) is 0 Å². The van der Waals surface area contributed by atoms with E-state index in [1.54, 1.807) is 12.1 Å². The van der Waals surface area contributed by atoms with Gasteiger partial charge in [0.15, 0.2) is 5.78 Å². The van der Waals surface area contributed by atoms with Gasteiger partial charge in [-0.15, -0.1) is 11.3 Å². The zero-order valence-corrected chi connectivity index (χ0v) is 15.0. The summed E-state index contributed by atoms with van der Waals surface area (Å²) >= 11 is 1.22. The standard InChI is InChI=1S/C21H19NO2S/c1-14(22-21(24)20-13-12-19(25-20)15(2)23)16-8-10-18(11-9-16)17-6-4-3-5-7-17/h3-14H,1-2H3,(H,22,24)/t14-/m1/s1. The van der Waals surface area contributed by atoms with E-state index >= 15 is 0 Å². The van der Waals surface area contributed by atoms with E-state index in [-0.39, 0.29) is 17.7 Å². The molecule has 1 amide bonds. The number of benzene rings is 2. The molecule has 25 heavy (non-hydrogen) atoms. The quantitative estimate of drug-likeness (QED) is 0.651. The summed E-state index contributed by atoms with van der Waals surface area (Å²) in [6.45, 7) is 3.46. The number of amides is 1. The number of carbonyl (C=O) groups excluding carboxylic acids is 2. The highest BCUT2D eigenvalue weighted by Gasteiger charge is 2.14. The summed E-state index contributed by atoms with van der Waals surface area (Å²) in [5, 5.41) is 2.98. The van der Waals surface area contributed by atoms with Crippen LogP contribution in [0.3, 0.4) is 0 Å². The first-order valence-electron chi connectivity index (χ1n) is 8.11. The summed E-state index contributed by atoms with van der Waals surface area (Å²) in [5.41, 5.74) is 3.35. The van der Waals surface area contributed by atoms with Crippen molar-refractivity contribution in [3.05, 3.63) is 82.0 Å². The monoisotopic (exact) mass is 349 g/mol. The van der Waals surface area contributed by atoms with E-state index < -0.39 is 0 Å². The Bertz CT molecular complexity index is 882. The van der Waals surface area contributed by atoms with Crippen molar-refractivity contribution in [2.24, 2.45) is 0 Å². The van der Waals surface area contributed by atoms with E-state index in [0.717, 1.165) is 11.1 Å². The number of Topliss-reactive ketones (excluding diaryl/α,β-unsaturated/α-hetero) is 1. The van der Waals surface area contributed by atoms with E-state index in [1.807, 2.05) is 37.3 Å². The van der Waals surface area contributed by atoms with Gasteiger partial charge in [0.05, 0.1) is 15.8 Å². The summed E-state index contributed by atoms with van der Waals surface area (Å²) in [4.78, 5) is 24.8. The molecule has 3 nitrogen and oxygen atoms in total. The fraction of sp³-hybridized carbons (Fsp3) is 0.143. The molecule has 1 N–H and O–H groups in total. The first-order chi connectivity index (χ1) is 12.0. The van der Waals surface area contributed by atoms with Crippen LogP contribution >= 0.6 is 11.3 Å². The van der Waals surface area contributed by atoms with Gasteiger partial charge < -0.3 is 5.32 Å². The third-order valence-corrected chi connectivity index (χ3v) is 5.23. The Hall–Kier alpha value is -2.72. The Morgan fingerprint density at radius 3 is 2.04 bits per heavy atom. The van der Waals surface area contributed by atoms with Crippen molar-refractivity contribution in [3.8, 4) is 11.1 Å². The van der Waals surface area contributed by atoms with Crippen molar-refractivity contribution in [2.75, 3.05) is 0 Å². The van der Waals surface area contributed by atoms with Gasteiger partial charge in [0, 0.05) is 0 Å². The SMILES string of the molecule is CC(=O)c1ccc(C(=O)N[C@H](C)c2ccc(-c3ccccc3)cc2)s1. The highest BCUT2D eigenvalue weighted by atomic mass is 32.1. The van der Waals surface area contributed by atoms with Crippen LogP contribution in [0.5, 0.6) is 0 Å². The van der Waals surface area contributed by atoms with Crippen molar-refractivity contribution in [2.45, 2.75) is 19.9 Å². The maximum atomic E-state index is 12.3. The molecule has 0 saturated carbocycles. The topological polar surface area (TPSA) is 46.2 Å². The lowest BCUT2D eigenvalue weighted by Gasteiger charge is -2.14. The maximum absolute atomic E-state index is 12.3. The van der Waals surface area contributed by atoms with Crippen LogP contribution in [0.1, 0.15) is 44.8 Å². The lowest BCUT2D eigenvalue weighted by molar-refractivity contribution is 0.0943. The van der Waals surface area contributed by atoms with Crippen LogP contribution < -0.4 is 5.32 Å². The highest BCUT2D eigenvalue weighted by molar-refractivity contribution is 7.15. The van der Waals surface area contributed by atoms with Crippen molar-refractivity contribution in [1.82, 2.24) is 5.32 Å². The fourth-order valence-corrected chi connectivity index (χ4v) is 3.40. The predicted octanol–water partition coefficient (Wildman–Crippen LogP) is 5.11. The highest BCUT2D eigenvalue weighted by Crippen LogP contribution is 2.23. The van der Waals surface area contributed by atoms with Crippen LogP contribution in [0.4, 0.5) is 0 Å². The number of hydrogen-bond donors (Lipinski definition) is 1. The van der Waals surface area contributed by atoms with E-state index in [1.165, 1.54) is 23.8 Å². The van der Waals surface area contributed by atoms with E-state index in [9.17, 15) is 9.59 Å². The molecule has 1 atom stereocenters. The Balaban J connectivity index is 1.69. The second kappa shape index (κ2) is 7.45. The minimum atomic E-state index is -0.155. The molecule has 0 radical (unpaired) electrons. The number of nitrogens with one attached hydrogen (secondary N) is 1. The number of thiophene rings is 1. The molecule has 126 valence electrons. The van der Waals surface area contributed by atoms with Crippen LogP contribution in [-0.4, -0.2) is 11.7 Å². The van der Waals surface area contributed by atoms with Gasteiger partial charge >= 0.3 is 0 Å². The maximum Gasteiger partial charge on any atom is 0.261 e. The second-order valence-corrected chi connectivity index (χ2v) is 6.99. The first kappa shape index (κ1) is 17.1. The first-order valence-corrected chi connectivity index (χ1v) is 8.93. The van der Waals surface area contributed by atoms with Crippen molar-refractivity contribution in [3.63, 3.8) is 0 Å². The lowest BCUT2D eigenvalue weighted by atomic mass is 10.0. The molecule has 3 rings (SSSR count). The Morgan fingerprint density at radius 2 is 1.44 bits per heavy atom. The van der Waals surface area contributed by atoms with E-state index in [0.29, 0.717) is 9.75 Å². The molecule has 3 aromatic rings.